The quantitative estimate of drug-likeness (QED) is 0.403. The van der Waals surface area contributed by atoms with E-state index < -0.39 is 0 Å². The first-order chi connectivity index (χ1) is 6.77. The van der Waals surface area contributed by atoms with Crippen LogP contribution in [0.2, 0.25) is 0 Å². The van der Waals surface area contributed by atoms with Crippen LogP contribution in [0.4, 0.5) is 0 Å². The van der Waals surface area contributed by atoms with Crippen LogP contribution in [0, 0.1) is 41.4 Å². The highest BCUT2D eigenvalue weighted by Gasteiger charge is 2.62. The molecule has 4 aliphatic rings. The first kappa shape index (κ1) is 7.96. The van der Waals surface area contributed by atoms with Crippen molar-refractivity contribution in [1.29, 1.82) is 0 Å². The molecule has 4 aliphatic carbocycles. The molecule has 0 heteroatoms. The third kappa shape index (κ3) is 0.677. The maximum atomic E-state index is 4.36. The fraction of sp³-hybridized carbons (Fsp3) is 0.857. The van der Waals surface area contributed by atoms with Crippen LogP contribution in [0.1, 0.15) is 32.6 Å². The molecule has 76 valence electrons. The molecule has 4 rings (SSSR count). The molecule has 4 saturated carbocycles. The highest BCUT2D eigenvalue weighted by atomic mass is 14.7. The van der Waals surface area contributed by atoms with Crippen LogP contribution in [0.5, 0.6) is 0 Å². The Bertz CT molecular complexity index is 303. The third-order valence-corrected chi connectivity index (χ3v) is 6.24. The fourth-order valence-corrected chi connectivity index (χ4v) is 5.77. The van der Waals surface area contributed by atoms with Gasteiger partial charge < -0.3 is 0 Å². The number of hydrogen-bond donors (Lipinski definition) is 0. The largest absolute Gasteiger partial charge is 0.0993 e. The Hall–Kier alpha value is -0.260. The average molecular weight is 188 g/mol. The van der Waals surface area contributed by atoms with Crippen LogP contribution in [-0.2, 0) is 0 Å². The maximum absolute atomic E-state index is 4.36. The van der Waals surface area contributed by atoms with Crippen molar-refractivity contribution in [2.45, 2.75) is 32.6 Å². The summed E-state index contributed by atoms with van der Waals surface area (Å²) in [6.07, 6.45) is 6.22. The van der Waals surface area contributed by atoms with Gasteiger partial charge in [-0.15, -0.1) is 0 Å². The number of allylic oxidation sites excluding steroid dienone is 1. The Morgan fingerprint density at radius 1 is 1.07 bits per heavy atom. The summed E-state index contributed by atoms with van der Waals surface area (Å²) in [4.78, 5) is 0. The minimum absolute atomic E-state index is 0.862. The van der Waals surface area contributed by atoms with Crippen LogP contribution < -0.4 is 0 Å². The summed E-state index contributed by atoms with van der Waals surface area (Å²) in [5.41, 5.74) is 1.63. The second-order valence-corrected chi connectivity index (χ2v) is 6.36. The van der Waals surface area contributed by atoms with E-state index in [1.165, 1.54) is 6.42 Å². The predicted octanol–water partition coefficient (Wildman–Crippen LogP) is 3.49. The van der Waals surface area contributed by atoms with Crippen LogP contribution in [-0.4, -0.2) is 0 Å². The molecule has 0 aliphatic heterocycles. The molecule has 0 heterocycles. The lowest BCUT2D eigenvalue weighted by molar-refractivity contribution is 0.146. The van der Waals surface area contributed by atoms with Crippen LogP contribution >= 0.6 is 0 Å². The number of hydrogen-bond acceptors (Lipinski definition) is 0. The lowest BCUT2D eigenvalue weighted by atomic mass is 9.66. The van der Waals surface area contributed by atoms with Crippen molar-refractivity contribution in [3.05, 3.63) is 12.2 Å². The van der Waals surface area contributed by atoms with E-state index in [1.54, 1.807) is 24.8 Å². The summed E-state index contributed by atoms with van der Waals surface area (Å²) in [6.45, 7) is 6.80. The summed E-state index contributed by atoms with van der Waals surface area (Å²) in [6, 6.07) is 0. The smallest absolute Gasteiger partial charge is 0.0166 e. The van der Waals surface area contributed by atoms with Crippen LogP contribution in [0.3, 0.4) is 0 Å². The van der Waals surface area contributed by atoms with Crippen LogP contribution in [0.25, 0.3) is 0 Å². The monoisotopic (exact) mass is 188 g/mol. The number of rotatable bonds is 0. The van der Waals surface area contributed by atoms with Crippen molar-refractivity contribution in [3.63, 3.8) is 0 Å². The van der Waals surface area contributed by atoms with E-state index in [0.29, 0.717) is 0 Å². The molecule has 14 heavy (non-hydrogen) atoms. The van der Waals surface area contributed by atoms with E-state index in [9.17, 15) is 0 Å². The first-order valence-corrected chi connectivity index (χ1v) is 6.46. The van der Waals surface area contributed by atoms with Gasteiger partial charge in [0.25, 0.3) is 0 Å². The second-order valence-electron chi connectivity index (χ2n) is 6.36. The van der Waals surface area contributed by atoms with Gasteiger partial charge in [-0.2, -0.15) is 0 Å². The van der Waals surface area contributed by atoms with E-state index in [0.717, 1.165) is 41.4 Å². The molecule has 0 aromatic carbocycles. The van der Waals surface area contributed by atoms with Crippen molar-refractivity contribution in [1.82, 2.24) is 0 Å². The second kappa shape index (κ2) is 2.28. The molecule has 0 spiro atoms. The molecule has 4 bridgehead atoms. The van der Waals surface area contributed by atoms with Gasteiger partial charge in [-0.1, -0.05) is 19.1 Å². The van der Waals surface area contributed by atoms with E-state index >= 15 is 0 Å². The van der Waals surface area contributed by atoms with Gasteiger partial charge in [0, 0.05) is 0 Å². The highest BCUT2D eigenvalue weighted by Crippen LogP contribution is 2.69. The molecule has 0 saturated heterocycles. The molecular formula is C14H20. The molecule has 0 amide bonds. The first-order valence-electron chi connectivity index (χ1n) is 6.46. The summed E-state index contributed by atoms with van der Waals surface area (Å²) in [5, 5.41) is 0. The summed E-state index contributed by atoms with van der Waals surface area (Å²) < 4.78 is 0. The lowest BCUT2D eigenvalue weighted by Crippen LogP contribution is -2.32. The van der Waals surface area contributed by atoms with Crippen molar-refractivity contribution in [2.24, 2.45) is 41.4 Å². The normalized spacial score (nSPS) is 63.8. The van der Waals surface area contributed by atoms with Gasteiger partial charge in [0.15, 0.2) is 0 Å². The Morgan fingerprint density at radius 2 is 1.79 bits per heavy atom. The van der Waals surface area contributed by atoms with E-state index in [1.807, 2.05) is 0 Å². The maximum Gasteiger partial charge on any atom is -0.0166 e. The molecule has 0 aromatic rings. The van der Waals surface area contributed by atoms with Crippen molar-refractivity contribution >= 4 is 0 Å². The molecule has 0 radical (unpaired) electrons. The Kier molecular flexibility index (Phi) is 1.30. The molecule has 0 nitrogen and oxygen atoms in total. The minimum Gasteiger partial charge on any atom is -0.0993 e. The lowest BCUT2D eigenvalue weighted by Gasteiger charge is -2.38. The molecule has 7 atom stereocenters. The van der Waals surface area contributed by atoms with Gasteiger partial charge in [0.05, 0.1) is 0 Å². The predicted molar refractivity (Wildman–Crippen MR) is 57.7 cm³/mol. The van der Waals surface area contributed by atoms with Gasteiger partial charge in [0.2, 0.25) is 0 Å². The summed E-state index contributed by atoms with van der Waals surface area (Å²) >= 11 is 0. The van der Waals surface area contributed by atoms with Gasteiger partial charge >= 0.3 is 0 Å². The zero-order chi connectivity index (χ0) is 9.45. The van der Waals surface area contributed by atoms with Crippen molar-refractivity contribution < 1.29 is 0 Å². The molecule has 7 unspecified atom stereocenters. The standard InChI is InChI=1S/C14H20/c1-7-8(2)12-6-11(7)13-9-3-4-10(5-9)14(12)13/h8-14H,1,3-6H2,2H3. The highest BCUT2D eigenvalue weighted by molar-refractivity contribution is 5.25. The van der Waals surface area contributed by atoms with Crippen molar-refractivity contribution in [2.75, 3.05) is 0 Å². The zero-order valence-corrected chi connectivity index (χ0v) is 9.08. The van der Waals surface area contributed by atoms with E-state index in [-0.39, 0.29) is 0 Å². The number of fused-ring (bicyclic) bond motifs is 9. The summed E-state index contributed by atoms with van der Waals surface area (Å²) in [5.74, 6) is 7.35. The fourth-order valence-electron chi connectivity index (χ4n) is 5.77. The van der Waals surface area contributed by atoms with Gasteiger partial charge in [-0.05, 0) is 67.1 Å². The third-order valence-electron chi connectivity index (χ3n) is 6.24. The van der Waals surface area contributed by atoms with E-state index in [2.05, 4.69) is 13.5 Å². The topological polar surface area (TPSA) is 0 Å². The Balaban J connectivity index is 1.78. The summed E-state index contributed by atoms with van der Waals surface area (Å²) in [7, 11) is 0. The average Bonchev–Trinajstić information content (AvgIpc) is 2.87. The Morgan fingerprint density at radius 3 is 2.57 bits per heavy atom. The SMILES string of the molecule is C=C1C(C)C2CC1C1C3CCC(C3)C21. The van der Waals surface area contributed by atoms with Crippen LogP contribution in [0.15, 0.2) is 12.2 Å². The minimum atomic E-state index is 0.862. The molecule has 4 fully saturated rings. The van der Waals surface area contributed by atoms with Crippen molar-refractivity contribution in [3.8, 4) is 0 Å². The van der Waals surface area contributed by atoms with Gasteiger partial charge in [0.1, 0.15) is 0 Å². The molecule has 0 aromatic heterocycles. The zero-order valence-electron chi connectivity index (χ0n) is 9.08. The molecular weight excluding hydrogens is 168 g/mol. The van der Waals surface area contributed by atoms with Gasteiger partial charge in [-0.25, -0.2) is 0 Å². The van der Waals surface area contributed by atoms with Gasteiger partial charge in [-0.3, -0.25) is 0 Å². The Labute approximate surface area is 86.8 Å². The molecule has 0 N–H and O–H groups in total. The van der Waals surface area contributed by atoms with E-state index in [4.69, 9.17) is 0 Å².